The molecule has 30 heavy (non-hydrogen) atoms. The molecule has 0 aromatic heterocycles. The molecule has 0 bridgehead atoms. The van der Waals surface area contributed by atoms with Gasteiger partial charge >= 0.3 is 0 Å². The number of hydrogen-bond donors (Lipinski definition) is 3. The van der Waals surface area contributed by atoms with Gasteiger partial charge in [0.2, 0.25) is 11.8 Å². The number of benzene rings is 2. The molecule has 0 fully saturated rings. The average molecular weight is 410 g/mol. The standard InChI is InChI=1S/C25H35N3O2/c1-16(2)20-10-12-21(13-11-20)24(17(3)4)27-14-22(29)26-15-23(30)28-25-18(5)8-7-9-19(25)6/h7-13,16-17,24,27H,14-15H2,1-6H3,(H,26,29)(H,28,30)/t24-/m0/s1. The summed E-state index contributed by atoms with van der Waals surface area (Å²) < 4.78 is 0. The maximum Gasteiger partial charge on any atom is 0.243 e. The Morgan fingerprint density at radius 3 is 1.90 bits per heavy atom. The summed E-state index contributed by atoms with van der Waals surface area (Å²) in [6.07, 6.45) is 0. The van der Waals surface area contributed by atoms with Gasteiger partial charge in [-0.3, -0.25) is 9.59 Å². The molecule has 2 rings (SSSR count). The van der Waals surface area contributed by atoms with Crippen LogP contribution < -0.4 is 16.0 Å². The zero-order chi connectivity index (χ0) is 22.3. The smallest absolute Gasteiger partial charge is 0.243 e. The molecular weight excluding hydrogens is 374 g/mol. The molecule has 2 aromatic rings. The van der Waals surface area contributed by atoms with Crippen molar-refractivity contribution in [1.82, 2.24) is 10.6 Å². The van der Waals surface area contributed by atoms with Gasteiger partial charge in [-0.1, -0.05) is 70.2 Å². The quantitative estimate of drug-likeness (QED) is 0.572. The lowest BCUT2D eigenvalue weighted by Crippen LogP contribution is -2.40. The molecule has 0 spiro atoms. The molecule has 0 saturated heterocycles. The van der Waals surface area contributed by atoms with Gasteiger partial charge in [-0.2, -0.15) is 0 Å². The van der Waals surface area contributed by atoms with E-state index in [0.717, 1.165) is 22.4 Å². The fourth-order valence-electron chi connectivity index (χ4n) is 3.47. The van der Waals surface area contributed by atoms with Crippen LogP contribution in [0.1, 0.15) is 61.9 Å². The van der Waals surface area contributed by atoms with Crippen LogP contribution in [0.15, 0.2) is 42.5 Å². The monoisotopic (exact) mass is 409 g/mol. The Morgan fingerprint density at radius 2 is 1.37 bits per heavy atom. The van der Waals surface area contributed by atoms with Crippen molar-refractivity contribution < 1.29 is 9.59 Å². The highest BCUT2D eigenvalue weighted by atomic mass is 16.2. The van der Waals surface area contributed by atoms with Gasteiger partial charge in [-0.05, 0) is 47.9 Å². The first-order chi connectivity index (χ1) is 14.2. The first-order valence-electron chi connectivity index (χ1n) is 10.6. The topological polar surface area (TPSA) is 70.2 Å². The van der Waals surface area contributed by atoms with E-state index in [1.807, 2.05) is 32.0 Å². The van der Waals surface area contributed by atoms with Gasteiger partial charge in [0.05, 0.1) is 13.1 Å². The lowest BCUT2D eigenvalue weighted by Gasteiger charge is -2.23. The van der Waals surface area contributed by atoms with Crippen LogP contribution in [0.5, 0.6) is 0 Å². The molecule has 2 amide bonds. The molecule has 3 N–H and O–H groups in total. The average Bonchev–Trinajstić information content (AvgIpc) is 2.69. The van der Waals surface area contributed by atoms with Gasteiger partial charge in [-0.25, -0.2) is 0 Å². The number of aryl methyl sites for hydroxylation is 2. The maximum absolute atomic E-state index is 12.3. The summed E-state index contributed by atoms with van der Waals surface area (Å²) in [4.78, 5) is 24.5. The lowest BCUT2D eigenvalue weighted by molar-refractivity contribution is -0.123. The molecule has 0 unspecified atom stereocenters. The highest BCUT2D eigenvalue weighted by molar-refractivity contribution is 5.95. The summed E-state index contributed by atoms with van der Waals surface area (Å²) in [5.41, 5.74) is 5.27. The number of hydrogen-bond acceptors (Lipinski definition) is 3. The molecule has 0 aliphatic rings. The molecule has 2 aromatic carbocycles. The number of carbonyl (C=O) groups excluding carboxylic acids is 2. The highest BCUT2D eigenvalue weighted by Crippen LogP contribution is 2.24. The van der Waals surface area contributed by atoms with E-state index >= 15 is 0 Å². The van der Waals surface area contributed by atoms with Crippen molar-refractivity contribution >= 4 is 17.5 Å². The summed E-state index contributed by atoms with van der Waals surface area (Å²) in [6.45, 7) is 12.6. The predicted octanol–water partition coefficient (Wildman–Crippen LogP) is 4.47. The maximum atomic E-state index is 12.3. The van der Waals surface area contributed by atoms with Crippen molar-refractivity contribution in [2.75, 3.05) is 18.4 Å². The van der Waals surface area contributed by atoms with Crippen molar-refractivity contribution in [3.8, 4) is 0 Å². The van der Waals surface area contributed by atoms with Crippen molar-refractivity contribution in [3.63, 3.8) is 0 Å². The number of nitrogens with one attached hydrogen (secondary N) is 3. The fourth-order valence-corrected chi connectivity index (χ4v) is 3.47. The van der Waals surface area contributed by atoms with E-state index in [1.165, 1.54) is 5.56 Å². The van der Waals surface area contributed by atoms with E-state index in [1.54, 1.807) is 0 Å². The van der Waals surface area contributed by atoms with Crippen LogP contribution in [-0.2, 0) is 9.59 Å². The van der Waals surface area contributed by atoms with Crippen molar-refractivity contribution in [3.05, 3.63) is 64.7 Å². The minimum absolute atomic E-state index is 0.0519. The molecule has 0 aliphatic carbocycles. The Morgan fingerprint density at radius 1 is 0.800 bits per heavy atom. The third-order valence-electron chi connectivity index (χ3n) is 5.30. The minimum Gasteiger partial charge on any atom is -0.346 e. The third-order valence-corrected chi connectivity index (χ3v) is 5.30. The first-order valence-corrected chi connectivity index (χ1v) is 10.6. The highest BCUT2D eigenvalue weighted by Gasteiger charge is 2.17. The molecule has 0 aliphatic heterocycles. The van der Waals surface area contributed by atoms with Gasteiger partial charge in [-0.15, -0.1) is 0 Å². The zero-order valence-electron chi connectivity index (χ0n) is 19.0. The van der Waals surface area contributed by atoms with Crippen LogP contribution in [0.3, 0.4) is 0 Å². The van der Waals surface area contributed by atoms with Crippen LogP contribution in [0, 0.1) is 19.8 Å². The van der Waals surface area contributed by atoms with E-state index in [4.69, 9.17) is 0 Å². The number of amides is 2. The first kappa shape index (κ1) is 23.6. The van der Waals surface area contributed by atoms with Crippen LogP contribution in [-0.4, -0.2) is 24.9 Å². The molecule has 5 nitrogen and oxygen atoms in total. The van der Waals surface area contributed by atoms with Crippen LogP contribution in [0.2, 0.25) is 0 Å². The van der Waals surface area contributed by atoms with E-state index in [-0.39, 0.29) is 30.9 Å². The number of carbonyl (C=O) groups is 2. The summed E-state index contributed by atoms with van der Waals surface area (Å²) in [6, 6.07) is 14.5. The van der Waals surface area contributed by atoms with Crippen LogP contribution >= 0.6 is 0 Å². The van der Waals surface area contributed by atoms with Gasteiger partial charge in [0.1, 0.15) is 0 Å². The Bertz CT molecular complexity index is 837. The Labute approximate surface area is 180 Å². The van der Waals surface area contributed by atoms with E-state index < -0.39 is 0 Å². The molecule has 162 valence electrons. The second-order valence-corrected chi connectivity index (χ2v) is 8.52. The molecule has 5 heteroatoms. The second kappa shape index (κ2) is 10.9. The van der Waals surface area contributed by atoms with Crippen molar-refractivity contribution in [2.24, 2.45) is 5.92 Å². The Kier molecular flexibility index (Phi) is 8.60. The summed E-state index contributed by atoms with van der Waals surface area (Å²) in [5, 5.41) is 8.91. The van der Waals surface area contributed by atoms with Crippen molar-refractivity contribution in [1.29, 1.82) is 0 Å². The van der Waals surface area contributed by atoms with E-state index in [0.29, 0.717) is 11.8 Å². The predicted molar refractivity (Wildman–Crippen MR) is 124 cm³/mol. The van der Waals surface area contributed by atoms with Gasteiger partial charge < -0.3 is 16.0 Å². The molecule has 0 saturated carbocycles. The molecule has 0 heterocycles. The van der Waals surface area contributed by atoms with E-state index in [9.17, 15) is 9.59 Å². The summed E-state index contributed by atoms with van der Waals surface area (Å²) in [7, 11) is 0. The number of rotatable bonds is 9. The summed E-state index contributed by atoms with van der Waals surface area (Å²) in [5.74, 6) is 0.390. The summed E-state index contributed by atoms with van der Waals surface area (Å²) >= 11 is 0. The normalized spacial score (nSPS) is 12.1. The molecular formula is C25H35N3O2. The third kappa shape index (κ3) is 6.70. The number of anilines is 1. The largest absolute Gasteiger partial charge is 0.346 e. The SMILES string of the molecule is Cc1cccc(C)c1NC(=O)CNC(=O)CN[C@H](c1ccc(C(C)C)cc1)C(C)C. The number of para-hydroxylation sites is 1. The Balaban J connectivity index is 1.86. The van der Waals surface area contributed by atoms with Gasteiger partial charge in [0, 0.05) is 11.7 Å². The zero-order valence-corrected chi connectivity index (χ0v) is 19.0. The second-order valence-electron chi connectivity index (χ2n) is 8.52. The molecule has 1 atom stereocenters. The van der Waals surface area contributed by atoms with Gasteiger partial charge in [0.15, 0.2) is 0 Å². The van der Waals surface area contributed by atoms with Crippen LogP contribution in [0.4, 0.5) is 5.69 Å². The Hall–Kier alpha value is -2.66. The minimum atomic E-state index is -0.231. The van der Waals surface area contributed by atoms with Crippen molar-refractivity contribution in [2.45, 2.75) is 53.5 Å². The lowest BCUT2D eigenvalue weighted by atomic mass is 9.93. The molecule has 0 radical (unpaired) electrons. The van der Waals surface area contributed by atoms with E-state index in [2.05, 4.69) is 67.9 Å². The van der Waals surface area contributed by atoms with Gasteiger partial charge in [0.25, 0.3) is 0 Å². The van der Waals surface area contributed by atoms with Crippen LogP contribution in [0.25, 0.3) is 0 Å². The fraction of sp³-hybridized carbons (Fsp3) is 0.440.